The van der Waals surface area contributed by atoms with Gasteiger partial charge in [-0.2, -0.15) is 0 Å². The van der Waals surface area contributed by atoms with Crippen molar-refractivity contribution < 1.29 is 5.11 Å². The third-order valence-electron chi connectivity index (χ3n) is 3.90. The maximum atomic E-state index is 9.36. The van der Waals surface area contributed by atoms with Crippen LogP contribution in [-0.4, -0.2) is 71.9 Å². The van der Waals surface area contributed by atoms with Crippen molar-refractivity contribution in [1.29, 1.82) is 0 Å². The second-order valence-corrected chi connectivity index (χ2v) is 6.99. The Bertz CT molecular complexity index is 242. The average Bonchev–Trinajstić information content (AvgIpc) is 2.33. The fourth-order valence-electron chi connectivity index (χ4n) is 2.68. The summed E-state index contributed by atoms with van der Waals surface area (Å²) in [5, 5.41) is 12.8. The zero-order valence-corrected chi connectivity index (χ0v) is 13.4. The van der Waals surface area contributed by atoms with Crippen LogP contribution in [0.5, 0.6) is 0 Å². The number of aliphatic hydroxyl groups excluding tert-OH is 1. The van der Waals surface area contributed by atoms with E-state index in [-0.39, 0.29) is 12.6 Å². The molecule has 0 aromatic rings. The Morgan fingerprint density at radius 1 is 1.11 bits per heavy atom. The van der Waals surface area contributed by atoms with Crippen molar-refractivity contribution in [3.8, 4) is 0 Å². The Morgan fingerprint density at radius 3 is 2.11 bits per heavy atom. The van der Waals surface area contributed by atoms with Crippen molar-refractivity contribution in [2.75, 3.05) is 39.3 Å². The van der Waals surface area contributed by atoms with E-state index in [1.807, 2.05) is 0 Å². The van der Waals surface area contributed by atoms with Crippen molar-refractivity contribution in [3.05, 3.63) is 0 Å². The first-order chi connectivity index (χ1) is 8.82. The third-order valence-corrected chi connectivity index (χ3v) is 3.90. The molecule has 0 spiro atoms. The van der Waals surface area contributed by atoms with Gasteiger partial charge in [-0.1, -0.05) is 13.8 Å². The Hall–Kier alpha value is -0.160. The van der Waals surface area contributed by atoms with Crippen LogP contribution < -0.4 is 5.32 Å². The van der Waals surface area contributed by atoms with Crippen molar-refractivity contribution in [2.24, 2.45) is 0 Å². The molecule has 1 aliphatic heterocycles. The monoisotopic (exact) mass is 271 g/mol. The van der Waals surface area contributed by atoms with Crippen LogP contribution in [0, 0.1) is 0 Å². The summed E-state index contributed by atoms with van der Waals surface area (Å²) >= 11 is 0. The summed E-state index contributed by atoms with van der Waals surface area (Å²) in [6.07, 6.45) is 1.03. The first-order valence-electron chi connectivity index (χ1n) is 7.67. The molecule has 1 rings (SSSR count). The summed E-state index contributed by atoms with van der Waals surface area (Å²) in [5.41, 5.74) is 0.291. The minimum Gasteiger partial charge on any atom is -0.395 e. The number of hydrogen-bond donors (Lipinski definition) is 2. The highest BCUT2D eigenvalue weighted by Crippen LogP contribution is 2.15. The van der Waals surface area contributed by atoms with Crippen LogP contribution in [0.15, 0.2) is 0 Å². The summed E-state index contributed by atoms with van der Waals surface area (Å²) in [6.45, 7) is 17.1. The fraction of sp³-hybridized carbons (Fsp3) is 1.00. The van der Waals surface area contributed by atoms with Gasteiger partial charge in [-0.15, -0.1) is 0 Å². The van der Waals surface area contributed by atoms with E-state index in [1.165, 1.54) is 0 Å². The third kappa shape index (κ3) is 6.21. The van der Waals surface area contributed by atoms with Crippen LogP contribution in [0.2, 0.25) is 0 Å². The van der Waals surface area contributed by atoms with Gasteiger partial charge in [0.15, 0.2) is 0 Å². The lowest BCUT2D eigenvalue weighted by Gasteiger charge is -2.42. The first-order valence-corrected chi connectivity index (χ1v) is 7.67. The van der Waals surface area contributed by atoms with E-state index in [0.717, 1.165) is 39.1 Å². The van der Waals surface area contributed by atoms with Gasteiger partial charge in [0, 0.05) is 43.8 Å². The molecule has 114 valence electrons. The van der Waals surface area contributed by atoms with E-state index in [0.29, 0.717) is 11.6 Å². The highest BCUT2D eigenvalue weighted by atomic mass is 16.3. The van der Waals surface area contributed by atoms with Crippen molar-refractivity contribution in [1.82, 2.24) is 15.1 Å². The molecule has 0 bridgehead atoms. The van der Waals surface area contributed by atoms with E-state index >= 15 is 0 Å². The van der Waals surface area contributed by atoms with Crippen LogP contribution in [-0.2, 0) is 0 Å². The molecule has 0 aromatic carbocycles. The predicted octanol–water partition coefficient (Wildman–Crippen LogP) is 1.15. The van der Waals surface area contributed by atoms with Gasteiger partial charge in [0.2, 0.25) is 0 Å². The number of aliphatic hydroxyl groups is 1. The Morgan fingerprint density at radius 2 is 1.68 bits per heavy atom. The topological polar surface area (TPSA) is 38.7 Å². The maximum absolute atomic E-state index is 9.36. The molecule has 4 nitrogen and oxygen atoms in total. The zero-order chi connectivity index (χ0) is 14.5. The highest BCUT2D eigenvalue weighted by Gasteiger charge is 2.25. The van der Waals surface area contributed by atoms with E-state index in [1.54, 1.807) is 0 Å². The predicted molar refractivity (Wildman–Crippen MR) is 81.5 cm³/mol. The minimum absolute atomic E-state index is 0.236. The standard InChI is InChI=1S/C15H33N3O/c1-13(2)16-14(12-19)6-7-17-8-10-18(11-9-17)15(3,4)5/h13-14,16,19H,6-12H2,1-5H3. The molecule has 0 aliphatic carbocycles. The number of nitrogens with zero attached hydrogens (tertiary/aromatic N) is 2. The van der Waals surface area contributed by atoms with E-state index in [2.05, 4.69) is 49.7 Å². The van der Waals surface area contributed by atoms with Crippen LogP contribution in [0.3, 0.4) is 0 Å². The molecule has 4 heteroatoms. The minimum atomic E-state index is 0.236. The van der Waals surface area contributed by atoms with E-state index in [4.69, 9.17) is 0 Å². The summed E-state index contributed by atoms with van der Waals surface area (Å²) in [6, 6.07) is 0.676. The lowest BCUT2D eigenvalue weighted by atomic mass is 10.0. The Labute approximate surface area is 119 Å². The van der Waals surface area contributed by atoms with Crippen LogP contribution in [0.4, 0.5) is 0 Å². The van der Waals surface area contributed by atoms with Crippen LogP contribution in [0.1, 0.15) is 41.0 Å². The summed E-state index contributed by atoms with van der Waals surface area (Å²) in [4.78, 5) is 5.08. The second-order valence-electron chi connectivity index (χ2n) is 6.99. The smallest absolute Gasteiger partial charge is 0.0585 e. The molecule has 1 unspecified atom stereocenters. The molecule has 1 aliphatic rings. The molecular weight excluding hydrogens is 238 g/mol. The van der Waals surface area contributed by atoms with Crippen molar-refractivity contribution >= 4 is 0 Å². The van der Waals surface area contributed by atoms with Crippen molar-refractivity contribution in [3.63, 3.8) is 0 Å². The Kier molecular flexibility index (Phi) is 6.74. The SMILES string of the molecule is CC(C)NC(CO)CCN1CCN(C(C)(C)C)CC1. The lowest BCUT2D eigenvalue weighted by molar-refractivity contribution is 0.0592. The van der Waals surface area contributed by atoms with E-state index < -0.39 is 0 Å². The number of hydrogen-bond acceptors (Lipinski definition) is 4. The largest absolute Gasteiger partial charge is 0.395 e. The van der Waals surface area contributed by atoms with Crippen LogP contribution >= 0.6 is 0 Å². The highest BCUT2D eigenvalue weighted by molar-refractivity contribution is 4.82. The molecule has 0 aromatic heterocycles. The first kappa shape index (κ1) is 16.9. The second kappa shape index (κ2) is 7.58. The average molecular weight is 271 g/mol. The Balaban J connectivity index is 2.25. The van der Waals surface area contributed by atoms with Gasteiger partial charge in [-0.05, 0) is 33.7 Å². The summed E-state index contributed by atoms with van der Waals surface area (Å²) in [7, 11) is 0. The molecule has 2 N–H and O–H groups in total. The molecule has 19 heavy (non-hydrogen) atoms. The molecule has 1 heterocycles. The van der Waals surface area contributed by atoms with E-state index in [9.17, 15) is 5.11 Å². The molecule has 1 saturated heterocycles. The van der Waals surface area contributed by atoms with Gasteiger partial charge in [-0.3, -0.25) is 4.90 Å². The van der Waals surface area contributed by atoms with Gasteiger partial charge in [0.25, 0.3) is 0 Å². The lowest BCUT2D eigenvalue weighted by Crippen LogP contribution is -2.54. The maximum Gasteiger partial charge on any atom is 0.0585 e. The van der Waals surface area contributed by atoms with Gasteiger partial charge in [0.05, 0.1) is 6.61 Å². The number of nitrogens with one attached hydrogen (secondary N) is 1. The molecule has 0 saturated carbocycles. The molecule has 0 amide bonds. The molecule has 1 atom stereocenters. The zero-order valence-electron chi connectivity index (χ0n) is 13.4. The number of piperazine rings is 1. The summed E-state index contributed by atoms with van der Waals surface area (Å²) < 4.78 is 0. The quantitative estimate of drug-likeness (QED) is 0.760. The summed E-state index contributed by atoms with van der Waals surface area (Å²) in [5.74, 6) is 0. The van der Waals surface area contributed by atoms with Gasteiger partial charge < -0.3 is 15.3 Å². The van der Waals surface area contributed by atoms with Gasteiger partial charge >= 0.3 is 0 Å². The normalized spacial score (nSPS) is 21.0. The van der Waals surface area contributed by atoms with Gasteiger partial charge in [0.1, 0.15) is 0 Å². The van der Waals surface area contributed by atoms with Gasteiger partial charge in [-0.25, -0.2) is 0 Å². The van der Waals surface area contributed by atoms with Crippen molar-refractivity contribution in [2.45, 2.75) is 58.7 Å². The fourth-order valence-corrected chi connectivity index (χ4v) is 2.68. The molecule has 0 radical (unpaired) electrons. The molecular formula is C15H33N3O. The number of rotatable bonds is 6. The molecule has 1 fully saturated rings. The van der Waals surface area contributed by atoms with Crippen LogP contribution in [0.25, 0.3) is 0 Å².